The molecule has 13 nitrogen and oxygen atoms in total. The van der Waals surface area contributed by atoms with Crippen molar-refractivity contribution in [2.75, 3.05) is 20.2 Å². The molecule has 3 aromatic rings. The minimum atomic E-state index is -1.90. The molecule has 1 aliphatic carbocycles. The van der Waals surface area contributed by atoms with Gasteiger partial charge in [0, 0.05) is 41.3 Å². The molecule has 3 N–H and O–H groups in total. The van der Waals surface area contributed by atoms with E-state index in [1.54, 1.807) is 31.3 Å². The van der Waals surface area contributed by atoms with E-state index in [0.717, 1.165) is 26.3 Å². The lowest BCUT2D eigenvalue weighted by Gasteiger charge is -2.52. The minimum Gasteiger partial charge on any atom is -0.468 e. The molecule has 1 saturated carbocycles. The van der Waals surface area contributed by atoms with Crippen molar-refractivity contribution in [2.24, 2.45) is 17.8 Å². The molecule has 0 spiro atoms. The van der Waals surface area contributed by atoms with Gasteiger partial charge in [-0.2, -0.15) is 0 Å². The number of rotatable bonds is 9. The summed E-state index contributed by atoms with van der Waals surface area (Å²) in [4.78, 5) is 92.0. The van der Waals surface area contributed by atoms with Crippen LogP contribution in [0.2, 0.25) is 0 Å². The molecule has 0 radical (unpaired) electrons. The zero-order valence-electron chi connectivity index (χ0n) is 27.1. The highest BCUT2D eigenvalue weighted by Crippen LogP contribution is 2.54. The third-order valence-electron chi connectivity index (χ3n) is 9.98. The SMILES string of the molecule is CCC1=C2CC[C@H]3C(=O)N(CC(=O)OC)C(=O)[C@H]3[C@H]2[C@@](C)(C(=O)NCCc2c[nH]c3ccccc23)N(C(=O)NCc2ccccn2)C1=O. The summed E-state index contributed by atoms with van der Waals surface area (Å²) in [5, 5.41) is 6.71. The monoisotopic (exact) mass is 654 g/mol. The molecular weight excluding hydrogens is 616 g/mol. The number of hydrogen-bond acceptors (Lipinski definition) is 8. The Morgan fingerprint density at radius 1 is 1.06 bits per heavy atom. The molecule has 1 saturated heterocycles. The number of benzene rings is 1. The van der Waals surface area contributed by atoms with Gasteiger partial charge in [-0.05, 0) is 56.4 Å². The molecule has 0 bridgehead atoms. The van der Waals surface area contributed by atoms with E-state index in [9.17, 15) is 28.8 Å². The molecule has 4 heterocycles. The van der Waals surface area contributed by atoms with Crippen molar-refractivity contribution in [1.29, 1.82) is 0 Å². The summed E-state index contributed by atoms with van der Waals surface area (Å²) in [6.07, 6.45) is 4.70. The van der Waals surface area contributed by atoms with Crippen molar-refractivity contribution in [3.8, 4) is 0 Å². The van der Waals surface area contributed by atoms with Crippen LogP contribution >= 0.6 is 0 Å². The Kier molecular flexibility index (Phi) is 8.87. The molecule has 3 aliphatic rings. The van der Waals surface area contributed by atoms with E-state index in [0.29, 0.717) is 23.3 Å². The number of carbonyl (C=O) groups is 6. The maximum atomic E-state index is 14.6. The predicted molar refractivity (Wildman–Crippen MR) is 172 cm³/mol. The van der Waals surface area contributed by atoms with E-state index in [1.165, 1.54) is 14.0 Å². The number of hydrogen-bond donors (Lipinski definition) is 3. The van der Waals surface area contributed by atoms with Crippen molar-refractivity contribution in [2.45, 2.75) is 51.6 Å². The topological polar surface area (TPSA) is 171 Å². The summed E-state index contributed by atoms with van der Waals surface area (Å²) in [6, 6.07) is 12.2. The fourth-order valence-corrected chi connectivity index (χ4v) is 7.68. The zero-order valence-corrected chi connectivity index (χ0v) is 27.1. The standard InChI is InChI=1S/C35H38N6O7/c1-4-22-24-12-13-25-28(32(45)40(30(25)43)19-27(42)48-3)29(24)35(2,41(31(22)44)34(47)39-18-21-9-7-8-15-36-21)33(46)37-16-14-20-17-38-26-11-6-5-10-23(20)26/h5-11,15,17,25,28-29,38H,4,12-14,16,18-19H2,1-3H3,(H,37,46)(H,39,47)/t25-,28-,29+,35+/m1/s1. The summed E-state index contributed by atoms with van der Waals surface area (Å²) in [5.74, 6) is -6.09. The van der Waals surface area contributed by atoms with E-state index in [1.807, 2.05) is 30.5 Å². The molecule has 0 unspecified atom stereocenters. The van der Waals surface area contributed by atoms with Gasteiger partial charge in [-0.15, -0.1) is 0 Å². The van der Waals surface area contributed by atoms with Crippen molar-refractivity contribution >= 4 is 46.5 Å². The average Bonchev–Trinajstić information content (AvgIpc) is 3.61. The Bertz CT molecular complexity index is 1830. The van der Waals surface area contributed by atoms with Gasteiger partial charge < -0.3 is 20.4 Å². The Labute approximate surface area is 277 Å². The number of para-hydroxylation sites is 1. The third kappa shape index (κ3) is 5.42. The van der Waals surface area contributed by atoms with Crippen molar-refractivity contribution < 1.29 is 33.5 Å². The molecule has 13 heteroatoms. The molecule has 1 aromatic carbocycles. The molecule has 250 valence electrons. The van der Waals surface area contributed by atoms with Crippen LogP contribution in [0.15, 0.2) is 66.0 Å². The lowest BCUT2D eigenvalue weighted by Crippen LogP contribution is -2.71. The van der Waals surface area contributed by atoms with E-state index in [2.05, 4.69) is 20.6 Å². The number of aromatic amines is 1. The van der Waals surface area contributed by atoms with Gasteiger partial charge >= 0.3 is 12.0 Å². The lowest BCUT2D eigenvalue weighted by molar-refractivity contribution is -0.152. The highest BCUT2D eigenvalue weighted by Gasteiger charge is 2.65. The summed E-state index contributed by atoms with van der Waals surface area (Å²) >= 11 is 0. The second-order valence-electron chi connectivity index (χ2n) is 12.5. The summed E-state index contributed by atoms with van der Waals surface area (Å²) in [6.45, 7) is 2.87. The molecular formula is C35H38N6O7. The van der Waals surface area contributed by atoms with Gasteiger partial charge in [-0.3, -0.25) is 33.9 Å². The molecule has 2 fully saturated rings. The maximum Gasteiger partial charge on any atom is 0.325 e. The van der Waals surface area contributed by atoms with Gasteiger partial charge in [0.15, 0.2) is 0 Å². The Morgan fingerprint density at radius 2 is 1.83 bits per heavy atom. The van der Waals surface area contributed by atoms with Crippen LogP contribution in [0.25, 0.3) is 10.9 Å². The molecule has 6 amide bonds. The first-order valence-electron chi connectivity index (χ1n) is 16.1. The number of amides is 6. The number of H-pyrrole nitrogens is 1. The number of fused-ring (bicyclic) bond motifs is 4. The maximum absolute atomic E-state index is 14.6. The van der Waals surface area contributed by atoms with E-state index >= 15 is 0 Å². The number of nitrogens with one attached hydrogen (secondary N) is 3. The van der Waals surface area contributed by atoms with Gasteiger partial charge in [-0.1, -0.05) is 36.8 Å². The first kappa shape index (κ1) is 32.6. The molecule has 2 aromatic heterocycles. The van der Waals surface area contributed by atoms with Gasteiger partial charge in [0.25, 0.3) is 5.91 Å². The van der Waals surface area contributed by atoms with E-state index in [4.69, 9.17) is 4.74 Å². The Balaban J connectivity index is 1.38. The van der Waals surface area contributed by atoms with Gasteiger partial charge in [-0.25, -0.2) is 9.69 Å². The van der Waals surface area contributed by atoms with Gasteiger partial charge in [0.05, 0.1) is 31.2 Å². The van der Waals surface area contributed by atoms with Crippen LogP contribution in [-0.2, 0) is 41.7 Å². The number of urea groups is 1. The number of carbonyl (C=O) groups excluding carboxylic acids is 6. The summed E-state index contributed by atoms with van der Waals surface area (Å²) < 4.78 is 4.74. The Morgan fingerprint density at radius 3 is 2.56 bits per heavy atom. The van der Waals surface area contributed by atoms with E-state index in [-0.39, 0.29) is 32.4 Å². The highest BCUT2D eigenvalue weighted by atomic mass is 16.5. The number of nitrogens with zero attached hydrogens (tertiary/aromatic N) is 3. The van der Waals surface area contributed by atoms with Crippen molar-refractivity contribution in [3.05, 3.63) is 77.3 Å². The largest absolute Gasteiger partial charge is 0.468 e. The number of ether oxygens (including phenoxy) is 1. The number of methoxy groups -OCH3 is 1. The van der Waals surface area contributed by atoms with Crippen LogP contribution < -0.4 is 10.6 Å². The van der Waals surface area contributed by atoms with Crippen LogP contribution in [-0.4, -0.2) is 81.1 Å². The van der Waals surface area contributed by atoms with Crippen LogP contribution in [0.5, 0.6) is 0 Å². The van der Waals surface area contributed by atoms with Gasteiger partial charge in [0.2, 0.25) is 17.7 Å². The number of imide groups is 2. The first-order chi connectivity index (χ1) is 23.1. The van der Waals surface area contributed by atoms with Crippen molar-refractivity contribution in [1.82, 2.24) is 30.4 Å². The summed E-state index contributed by atoms with van der Waals surface area (Å²) in [5.41, 5.74) is 1.49. The van der Waals surface area contributed by atoms with E-state index < -0.39 is 65.5 Å². The second kappa shape index (κ2) is 13.1. The fourth-order valence-electron chi connectivity index (χ4n) is 7.68. The smallest absolute Gasteiger partial charge is 0.325 e. The number of esters is 1. The first-order valence-corrected chi connectivity index (χ1v) is 16.1. The highest BCUT2D eigenvalue weighted by molar-refractivity contribution is 6.13. The van der Waals surface area contributed by atoms with Crippen LogP contribution in [0.3, 0.4) is 0 Å². The average molecular weight is 655 g/mol. The van der Waals surface area contributed by atoms with Crippen LogP contribution in [0, 0.1) is 17.8 Å². The number of aromatic nitrogens is 2. The van der Waals surface area contributed by atoms with Crippen LogP contribution in [0.1, 0.15) is 44.4 Å². The number of likely N-dealkylation sites (tertiary alicyclic amines) is 1. The quantitative estimate of drug-likeness (QED) is 0.234. The Hall–Kier alpha value is -5.33. The zero-order chi connectivity index (χ0) is 34.2. The van der Waals surface area contributed by atoms with Crippen LogP contribution in [0.4, 0.5) is 4.79 Å². The predicted octanol–water partition coefficient (Wildman–Crippen LogP) is 2.62. The fraction of sp³-hybridized carbons (Fsp3) is 0.400. The minimum absolute atomic E-state index is 0.0131. The second-order valence-corrected chi connectivity index (χ2v) is 12.5. The third-order valence-corrected chi connectivity index (χ3v) is 9.98. The molecule has 4 atom stereocenters. The molecule has 2 aliphatic heterocycles. The number of pyridine rings is 1. The van der Waals surface area contributed by atoms with Gasteiger partial charge in [0.1, 0.15) is 12.1 Å². The summed E-state index contributed by atoms with van der Waals surface area (Å²) in [7, 11) is 1.17. The lowest BCUT2D eigenvalue weighted by atomic mass is 9.59. The van der Waals surface area contributed by atoms with Crippen molar-refractivity contribution in [3.63, 3.8) is 0 Å². The normalized spacial score (nSPS) is 23.6. The molecule has 6 rings (SSSR count). The molecule has 48 heavy (non-hydrogen) atoms.